The molecule has 1 aliphatic heterocycles. The zero-order chi connectivity index (χ0) is 16.4. The fraction of sp³-hybridized carbons (Fsp3) is 0.375. The van der Waals surface area contributed by atoms with Crippen molar-refractivity contribution in [3.8, 4) is 0 Å². The number of halogens is 1. The Labute approximate surface area is 136 Å². The predicted molar refractivity (Wildman–Crippen MR) is 84.2 cm³/mol. The number of thiophene rings is 1. The molecule has 1 aromatic heterocycles. The molecule has 0 saturated carbocycles. The number of carbonyl (C=O) groups excluding carboxylic acids is 1. The van der Waals surface area contributed by atoms with Gasteiger partial charge in [0.25, 0.3) is 5.91 Å². The number of fused-ring (bicyclic) bond motifs is 1. The summed E-state index contributed by atoms with van der Waals surface area (Å²) in [4.78, 5) is 24.2. The second-order valence-electron chi connectivity index (χ2n) is 5.56. The topological polar surface area (TPSA) is 75.6 Å². The molecule has 1 aromatic carbocycles. The molecule has 5 nitrogen and oxygen atoms in total. The molecule has 7 heteroatoms. The molecule has 1 amide bonds. The van der Waals surface area contributed by atoms with Crippen LogP contribution in [-0.4, -0.2) is 36.2 Å². The lowest BCUT2D eigenvalue weighted by atomic mass is 9.93. The predicted octanol–water partition coefficient (Wildman–Crippen LogP) is 2.65. The Kier molecular flexibility index (Phi) is 4.58. The summed E-state index contributed by atoms with van der Waals surface area (Å²) in [5.41, 5.74) is 0. The van der Waals surface area contributed by atoms with Crippen LogP contribution in [0.4, 0.5) is 4.39 Å². The van der Waals surface area contributed by atoms with Gasteiger partial charge in [-0.05, 0) is 42.5 Å². The molecule has 2 aromatic rings. The minimum Gasteiger partial charge on any atom is -0.480 e. The average molecular weight is 337 g/mol. The summed E-state index contributed by atoms with van der Waals surface area (Å²) in [7, 11) is 0. The second-order valence-corrected chi connectivity index (χ2v) is 6.64. The molecule has 1 fully saturated rings. The zero-order valence-electron chi connectivity index (χ0n) is 12.3. The molecule has 0 bridgehead atoms. The van der Waals surface area contributed by atoms with E-state index in [9.17, 15) is 19.1 Å². The van der Waals surface area contributed by atoms with Crippen molar-refractivity contribution in [1.29, 1.82) is 0 Å². The number of rotatable bonds is 4. The molecule has 2 unspecified atom stereocenters. The second kappa shape index (κ2) is 6.64. The van der Waals surface area contributed by atoms with E-state index in [2.05, 4.69) is 5.32 Å². The van der Waals surface area contributed by atoms with E-state index < -0.39 is 17.9 Å². The first-order valence-corrected chi connectivity index (χ1v) is 8.17. The summed E-state index contributed by atoms with van der Waals surface area (Å²) in [6, 6.07) is 4.89. The number of ether oxygens (including phenoxy) is 1. The molecular formula is C16H16FNO4S. The van der Waals surface area contributed by atoms with Crippen LogP contribution >= 0.6 is 11.3 Å². The van der Waals surface area contributed by atoms with Gasteiger partial charge < -0.3 is 15.2 Å². The zero-order valence-corrected chi connectivity index (χ0v) is 13.1. The summed E-state index contributed by atoms with van der Waals surface area (Å²) in [5.74, 6) is -2.13. The molecule has 2 heterocycles. The number of carboxylic acid groups (broad SMARTS) is 1. The van der Waals surface area contributed by atoms with E-state index in [1.165, 1.54) is 23.5 Å². The first-order chi connectivity index (χ1) is 11.0. The van der Waals surface area contributed by atoms with E-state index in [4.69, 9.17) is 4.74 Å². The SMILES string of the molecule is O=C(NC(C(=O)O)C1CCCOC1)c1cc2cc(F)ccc2s1. The molecule has 0 aliphatic carbocycles. The van der Waals surface area contributed by atoms with Gasteiger partial charge in [-0.1, -0.05) is 0 Å². The maximum atomic E-state index is 13.2. The Bertz CT molecular complexity index is 739. The first-order valence-electron chi connectivity index (χ1n) is 7.35. The van der Waals surface area contributed by atoms with E-state index in [1.54, 1.807) is 12.1 Å². The number of carboxylic acids is 1. The lowest BCUT2D eigenvalue weighted by molar-refractivity contribution is -0.142. The summed E-state index contributed by atoms with van der Waals surface area (Å²) in [5, 5.41) is 12.6. The van der Waals surface area contributed by atoms with Gasteiger partial charge in [0.1, 0.15) is 11.9 Å². The molecule has 2 atom stereocenters. The lowest BCUT2D eigenvalue weighted by Crippen LogP contribution is -2.48. The smallest absolute Gasteiger partial charge is 0.326 e. The third-order valence-electron chi connectivity index (χ3n) is 3.92. The van der Waals surface area contributed by atoms with Crippen LogP contribution in [0.15, 0.2) is 24.3 Å². The maximum Gasteiger partial charge on any atom is 0.326 e. The maximum absolute atomic E-state index is 13.2. The summed E-state index contributed by atoms with van der Waals surface area (Å²) in [6.45, 7) is 0.952. The highest BCUT2D eigenvalue weighted by Crippen LogP contribution is 2.27. The van der Waals surface area contributed by atoms with Gasteiger partial charge in [0.2, 0.25) is 0 Å². The number of nitrogens with one attached hydrogen (secondary N) is 1. The van der Waals surface area contributed by atoms with Crippen LogP contribution in [0.3, 0.4) is 0 Å². The van der Waals surface area contributed by atoms with E-state index in [0.717, 1.165) is 11.1 Å². The Balaban J connectivity index is 1.78. The molecular weight excluding hydrogens is 321 g/mol. The average Bonchev–Trinajstić information content (AvgIpc) is 2.96. The van der Waals surface area contributed by atoms with Crippen LogP contribution in [0.25, 0.3) is 10.1 Å². The van der Waals surface area contributed by atoms with Crippen molar-refractivity contribution in [3.63, 3.8) is 0 Å². The Morgan fingerprint density at radius 3 is 2.91 bits per heavy atom. The molecule has 122 valence electrons. The largest absolute Gasteiger partial charge is 0.480 e. The summed E-state index contributed by atoms with van der Waals surface area (Å²) < 4.78 is 19.3. The van der Waals surface area contributed by atoms with Gasteiger partial charge >= 0.3 is 5.97 Å². The quantitative estimate of drug-likeness (QED) is 0.899. The van der Waals surface area contributed by atoms with Crippen molar-refractivity contribution in [1.82, 2.24) is 5.32 Å². The third-order valence-corrected chi connectivity index (χ3v) is 5.04. The molecule has 0 spiro atoms. The normalized spacial score (nSPS) is 19.4. The first kappa shape index (κ1) is 15.9. The monoisotopic (exact) mass is 337 g/mol. The van der Waals surface area contributed by atoms with Crippen LogP contribution in [-0.2, 0) is 9.53 Å². The van der Waals surface area contributed by atoms with E-state index in [1.807, 2.05) is 0 Å². The number of aliphatic carboxylic acids is 1. The fourth-order valence-electron chi connectivity index (χ4n) is 2.75. The minimum atomic E-state index is -1.07. The third kappa shape index (κ3) is 3.51. The number of hydrogen-bond donors (Lipinski definition) is 2. The van der Waals surface area contributed by atoms with Crippen molar-refractivity contribution < 1.29 is 23.8 Å². The molecule has 2 N–H and O–H groups in total. The van der Waals surface area contributed by atoms with Crippen LogP contribution in [0.2, 0.25) is 0 Å². The van der Waals surface area contributed by atoms with E-state index in [0.29, 0.717) is 29.9 Å². The number of benzene rings is 1. The highest BCUT2D eigenvalue weighted by molar-refractivity contribution is 7.20. The van der Waals surface area contributed by atoms with Gasteiger partial charge in [-0.2, -0.15) is 0 Å². The van der Waals surface area contributed by atoms with Crippen LogP contribution in [0, 0.1) is 11.7 Å². The number of hydrogen-bond acceptors (Lipinski definition) is 4. The standard InChI is InChI=1S/C16H16FNO4S/c17-11-3-4-12-10(6-11)7-13(23-12)15(19)18-14(16(20)21)9-2-1-5-22-8-9/h3-4,6-7,9,14H,1-2,5,8H2,(H,18,19)(H,20,21). The Morgan fingerprint density at radius 1 is 1.39 bits per heavy atom. The molecule has 1 aliphatic rings. The lowest BCUT2D eigenvalue weighted by Gasteiger charge is -2.27. The minimum absolute atomic E-state index is 0.239. The van der Waals surface area contributed by atoms with E-state index in [-0.39, 0.29) is 11.7 Å². The van der Waals surface area contributed by atoms with Crippen LogP contribution < -0.4 is 5.32 Å². The van der Waals surface area contributed by atoms with E-state index >= 15 is 0 Å². The van der Waals surface area contributed by atoms with Gasteiger partial charge in [-0.3, -0.25) is 4.79 Å². The molecule has 1 saturated heterocycles. The van der Waals surface area contributed by atoms with Crippen molar-refractivity contribution in [2.75, 3.05) is 13.2 Å². The summed E-state index contributed by atoms with van der Waals surface area (Å²) >= 11 is 1.21. The van der Waals surface area contributed by atoms with Gasteiger partial charge in [-0.25, -0.2) is 9.18 Å². The molecule has 3 rings (SSSR count). The van der Waals surface area contributed by atoms with Crippen LogP contribution in [0.1, 0.15) is 22.5 Å². The van der Waals surface area contributed by atoms with Crippen molar-refractivity contribution in [3.05, 3.63) is 35.0 Å². The van der Waals surface area contributed by atoms with Crippen molar-refractivity contribution >= 4 is 33.3 Å². The van der Waals surface area contributed by atoms with Gasteiger partial charge in [0, 0.05) is 17.2 Å². The van der Waals surface area contributed by atoms with Gasteiger partial charge in [-0.15, -0.1) is 11.3 Å². The summed E-state index contributed by atoms with van der Waals surface area (Å²) in [6.07, 6.45) is 1.49. The highest BCUT2D eigenvalue weighted by Gasteiger charge is 2.31. The Hall–Kier alpha value is -1.99. The highest BCUT2D eigenvalue weighted by atomic mass is 32.1. The van der Waals surface area contributed by atoms with Crippen molar-refractivity contribution in [2.45, 2.75) is 18.9 Å². The fourth-order valence-corrected chi connectivity index (χ4v) is 3.69. The molecule has 23 heavy (non-hydrogen) atoms. The van der Waals surface area contributed by atoms with Crippen LogP contribution in [0.5, 0.6) is 0 Å². The van der Waals surface area contributed by atoms with Gasteiger partial charge in [0.05, 0.1) is 11.5 Å². The van der Waals surface area contributed by atoms with Gasteiger partial charge in [0.15, 0.2) is 0 Å². The molecule has 0 radical (unpaired) electrons. The number of carbonyl (C=O) groups is 2. The number of amides is 1. The van der Waals surface area contributed by atoms with Crippen molar-refractivity contribution in [2.24, 2.45) is 5.92 Å². The Morgan fingerprint density at radius 2 is 2.22 bits per heavy atom.